The molecule has 0 atom stereocenters. The van der Waals surface area contributed by atoms with E-state index in [1.807, 2.05) is 0 Å². The highest BCUT2D eigenvalue weighted by molar-refractivity contribution is 6.44. The monoisotopic (exact) mass is 220 g/mol. The molecule has 0 rings (SSSR count). The van der Waals surface area contributed by atoms with E-state index in [0.29, 0.717) is 6.61 Å². The molecule has 0 amide bonds. The van der Waals surface area contributed by atoms with Gasteiger partial charge >= 0.3 is 0 Å². The minimum absolute atomic E-state index is 0.372. The zero-order valence-electron chi connectivity index (χ0n) is 5.66. The maximum atomic E-state index is 5.46. The fourth-order valence-electron chi connectivity index (χ4n) is 0.471. The van der Waals surface area contributed by atoms with Crippen molar-refractivity contribution in [3.63, 3.8) is 0 Å². The second-order valence-corrected chi connectivity index (χ2v) is 5.04. The third-order valence-electron chi connectivity index (χ3n) is 0.916. The van der Waals surface area contributed by atoms with E-state index >= 15 is 0 Å². The van der Waals surface area contributed by atoms with E-state index in [0.717, 1.165) is 18.3 Å². The van der Waals surface area contributed by atoms with Gasteiger partial charge in [0.05, 0.1) is 6.61 Å². The maximum Gasteiger partial charge on any atom is 0.161 e. The first-order valence-corrected chi connectivity index (χ1v) is 6.17. The van der Waals surface area contributed by atoms with E-state index in [4.69, 9.17) is 39.2 Å². The number of hydrogen-bond acceptors (Lipinski definition) is 1. The highest BCUT2D eigenvalue weighted by Crippen LogP contribution is 2.01. The molecular formula is C5H11Cl3OSi. The van der Waals surface area contributed by atoms with Crippen LogP contribution < -0.4 is 0 Å². The van der Waals surface area contributed by atoms with Crippen LogP contribution in [0.3, 0.4) is 0 Å². The van der Waals surface area contributed by atoms with Crippen LogP contribution in [0.2, 0.25) is 6.04 Å². The minimum atomic E-state index is -0.396. The fraction of sp³-hybridized carbons (Fsp3) is 1.00. The van der Waals surface area contributed by atoms with Crippen LogP contribution in [0.4, 0.5) is 0 Å². The van der Waals surface area contributed by atoms with Crippen molar-refractivity contribution in [3.05, 3.63) is 0 Å². The van der Waals surface area contributed by atoms with Gasteiger partial charge in [-0.25, -0.2) is 0 Å². The van der Waals surface area contributed by atoms with Crippen LogP contribution in [0.1, 0.15) is 6.42 Å². The number of rotatable bonds is 6. The summed E-state index contributed by atoms with van der Waals surface area (Å²) in [6.07, 6.45) is 1.04. The van der Waals surface area contributed by atoms with Crippen molar-refractivity contribution in [3.8, 4) is 0 Å². The standard InChI is InChI=1S/C5H11Cl3OSi/c6-2-1-3-10-9-4-5(7)8/h5H,1-4,10H2. The molecule has 0 saturated heterocycles. The Morgan fingerprint density at radius 2 is 2.10 bits per heavy atom. The smallest absolute Gasteiger partial charge is 0.161 e. The van der Waals surface area contributed by atoms with Crippen molar-refractivity contribution in [2.24, 2.45) is 0 Å². The fourth-order valence-corrected chi connectivity index (χ4v) is 2.51. The summed E-state index contributed by atoms with van der Waals surface area (Å²) in [4.78, 5) is -0.372. The molecule has 0 bridgehead atoms. The number of hydrogen-bond donors (Lipinski definition) is 0. The van der Waals surface area contributed by atoms with E-state index in [1.165, 1.54) is 0 Å². The molecule has 0 fully saturated rings. The molecule has 5 heteroatoms. The SMILES string of the molecule is ClCCC[SiH2]OCC(Cl)Cl. The van der Waals surface area contributed by atoms with E-state index < -0.39 is 9.76 Å². The largest absolute Gasteiger partial charge is 0.421 e. The summed E-state index contributed by atoms with van der Waals surface area (Å²) in [5, 5.41) is 0. The second-order valence-electron chi connectivity index (χ2n) is 1.86. The van der Waals surface area contributed by atoms with Gasteiger partial charge in [0.1, 0.15) is 4.84 Å². The number of halogens is 3. The maximum absolute atomic E-state index is 5.46. The lowest BCUT2D eigenvalue weighted by Gasteiger charge is -2.01. The molecular weight excluding hydrogens is 210 g/mol. The van der Waals surface area contributed by atoms with Gasteiger partial charge in [-0.3, -0.25) is 0 Å². The molecule has 10 heavy (non-hydrogen) atoms. The Balaban J connectivity index is 2.77. The molecule has 0 aliphatic rings. The van der Waals surface area contributed by atoms with Crippen LogP contribution in [0.5, 0.6) is 0 Å². The normalized spacial score (nSPS) is 12.0. The van der Waals surface area contributed by atoms with Gasteiger partial charge in [0.25, 0.3) is 0 Å². The average Bonchev–Trinajstić information content (AvgIpc) is 1.87. The van der Waals surface area contributed by atoms with Crippen LogP contribution in [0, 0.1) is 0 Å². The summed E-state index contributed by atoms with van der Waals surface area (Å²) in [7, 11) is -0.396. The summed E-state index contributed by atoms with van der Waals surface area (Å²) in [6.45, 7) is 0.470. The van der Waals surface area contributed by atoms with Gasteiger partial charge in [0.15, 0.2) is 9.76 Å². The third-order valence-corrected chi connectivity index (χ3v) is 2.75. The molecule has 0 aromatic rings. The summed E-state index contributed by atoms with van der Waals surface area (Å²) in [5.74, 6) is 0.724. The molecule has 62 valence electrons. The molecule has 0 aliphatic carbocycles. The Kier molecular flexibility index (Phi) is 9.00. The van der Waals surface area contributed by atoms with Crippen molar-refractivity contribution in [1.29, 1.82) is 0 Å². The van der Waals surface area contributed by atoms with Crippen LogP contribution in [-0.4, -0.2) is 27.1 Å². The first-order chi connectivity index (χ1) is 4.77. The van der Waals surface area contributed by atoms with Crippen molar-refractivity contribution < 1.29 is 4.43 Å². The highest BCUT2D eigenvalue weighted by Gasteiger charge is 1.96. The van der Waals surface area contributed by atoms with Gasteiger partial charge < -0.3 is 4.43 Å². The lowest BCUT2D eigenvalue weighted by Crippen LogP contribution is -2.05. The van der Waals surface area contributed by atoms with Gasteiger partial charge in [-0.2, -0.15) is 0 Å². The van der Waals surface area contributed by atoms with E-state index in [2.05, 4.69) is 0 Å². The van der Waals surface area contributed by atoms with Gasteiger partial charge in [-0.05, 0) is 12.5 Å². The van der Waals surface area contributed by atoms with Gasteiger partial charge in [-0.1, -0.05) is 0 Å². The highest BCUT2D eigenvalue weighted by atomic mass is 35.5. The van der Waals surface area contributed by atoms with Crippen LogP contribution in [0.25, 0.3) is 0 Å². The quantitative estimate of drug-likeness (QED) is 0.378. The summed E-state index contributed by atoms with van der Waals surface area (Å²) >= 11 is 16.3. The van der Waals surface area contributed by atoms with Crippen LogP contribution in [-0.2, 0) is 4.43 Å². The summed E-state index contributed by atoms with van der Waals surface area (Å²) in [5.41, 5.74) is 0. The van der Waals surface area contributed by atoms with E-state index in [1.54, 1.807) is 0 Å². The van der Waals surface area contributed by atoms with Crippen molar-refractivity contribution in [2.45, 2.75) is 17.3 Å². The molecule has 1 nitrogen and oxygen atoms in total. The summed E-state index contributed by atoms with van der Waals surface area (Å²) in [6, 6.07) is 1.12. The zero-order valence-corrected chi connectivity index (χ0v) is 9.34. The lowest BCUT2D eigenvalue weighted by molar-refractivity contribution is 0.353. The molecule has 0 aromatic carbocycles. The predicted octanol–water partition coefficient (Wildman–Crippen LogP) is 1.94. The van der Waals surface area contributed by atoms with E-state index in [9.17, 15) is 0 Å². The Bertz CT molecular complexity index is 71.9. The second kappa shape index (κ2) is 8.15. The molecule has 0 spiro atoms. The van der Waals surface area contributed by atoms with Gasteiger partial charge in [0.2, 0.25) is 0 Å². The van der Waals surface area contributed by atoms with Crippen molar-refractivity contribution >= 4 is 44.6 Å². The van der Waals surface area contributed by atoms with Crippen molar-refractivity contribution in [2.75, 3.05) is 12.5 Å². The van der Waals surface area contributed by atoms with Gasteiger partial charge in [-0.15, -0.1) is 34.8 Å². The summed E-state index contributed by atoms with van der Waals surface area (Å²) < 4.78 is 5.21. The molecule has 0 saturated carbocycles. The predicted molar refractivity (Wildman–Crippen MR) is 50.1 cm³/mol. The lowest BCUT2D eigenvalue weighted by atomic mass is 10.6. The number of alkyl halides is 3. The molecule has 0 aliphatic heterocycles. The molecule has 0 aromatic heterocycles. The topological polar surface area (TPSA) is 9.23 Å². The Morgan fingerprint density at radius 3 is 2.60 bits per heavy atom. The van der Waals surface area contributed by atoms with E-state index in [-0.39, 0.29) is 4.84 Å². The molecule has 0 unspecified atom stereocenters. The molecule has 0 N–H and O–H groups in total. The Hall–Kier alpha value is 1.05. The zero-order chi connectivity index (χ0) is 7.82. The first-order valence-electron chi connectivity index (χ1n) is 3.19. The third kappa shape index (κ3) is 9.05. The first kappa shape index (κ1) is 11.0. The Labute approximate surface area is 78.9 Å². The van der Waals surface area contributed by atoms with Crippen molar-refractivity contribution in [1.82, 2.24) is 0 Å². The minimum Gasteiger partial charge on any atom is -0.421 e. The average molecular weight is 222 g/mol. The Morgan fingerprint density at radius 1 is 1.40 bits per heavy atom. The van der Waals surface area contributed by atoms with Gasteiger partial charge in [0, 0.05) is 5.88 Å². The van der Waals surface area contributed by atoms with Crippen LogP contribution in [0.15, 0.2) is 0 Å². The molecule has 0 radical (unpaired) electrons. The van der Waals surface area contributed by atoms with Crippen LogP contribution >= 0.6 is 34.8 Å². The molecule has 0 heterocycles.